The van der Waals surface area contributed by atoms with Gasteiger partial charge in [0.25, 0.3) is 0 Å². The quantitative estimate of drug-likeness (QED) is 0.471. The van der Waals surface area contributed by atoms with Gasteiger partial charge in [0.1, 0.15) is 0 Å². The zero-order valence-electron chi connectivity index (χ0n) is 7.78. The minimum atomic E-state index is -0.941. The molecule has 0 aromatic heterocycles. The average molecular weight is 176 g/mol. The van der Waals surface area contributed by atoms with Crippen molar-refractivity contribution in [2.75, 3.05) is 26.7 Å². The van der Waals surface area contributed by atoms with Crippen LogP contribution >= 0.6 is 0 Å². The topological polar surface area (TPSA) is 66.6 Å². The number of rotatable bonds is 5. The highest BCUT2D eigenvalue weighted by atomic mass is 16.6. The second-order valence-electron chi connectivity index (χ2n) is 3.53. The SMILES string of the molecule is CN(CCO)CC(C)(C)[N+](=O)[O-]. The van der Waals surface area contributed by atoms with Crippen LogP contribution in [0, 0.1) is 10.1 Å². The molecule has 0 rings (SSSR count). The molecule has 0 aromatic rings. The van der Waals surface area contributed by atoms with Gasteiger partial charge in [0.2, 0.25) is 5.54 Å². The van der Waals surface area contributed by atoms with Gasteiger partial charge in [0, 0.05) is 25.3 Å². The number of likely N-dealkylation sites (N-methyl/N-ethyl adjacent to an activating group) is 1. The van der Waals surface area contributed by atoms with E-state index in [0.29, 0.717) is 13.1 Å². The van der Waals surface area contributed by atoms with E-state index in [0.717, 1.165) is 0 Å². The standard InChI is InChI=1S/C7H16N2O3/c1-7(2,9(11)12)6-8(3)4-5-10/h10H,4-6H2,1-3H3. The Kier molecular flexibility index (Phi) is 4.12. The molecule has 0 heterocycles. The van der Waals surface area contributed by atoms with Crippen molar-refractivity contribution in [3.8, 4) is 0 Å². The summed E-state index contributed by atoms with van der Waals surface area (Å²) < 4.78 is 0. The van der Waals surface area contributed by atoms with E-state index in [1.54, 1.807) is 25.8 Å². The molecule has 0 saturated heterocycles. The van der Waals surface area contributed by atoms with Gasteiger partial charge in [0.05, 0.1) is 13.2 Å². The summed E-state index contributed by atoms with van der Waals surface area (Å²) >= 11 is 0. The molecule has 1 N–H and O–H groups in total. The van der Waals surface area contributed by atoms with Crippen molar-refractivity contribution < 1.29 is 10.0 Å². The van der Waals surface area contributed by atoms with Gasteiger partial charge in [-0.2, -0.15) is 0 Å². The van der Waals surface area contributed by atoms with Gasteiger partial charge in [-0.05, 0) is 7.05 Å². The Morgan fingerprint density at radius 1 is 1.58 bits per heavy atom. The van der Waals surface area contributed by atoms with Gasteiger partial charge in [-0.15, -0.1) is 0 Å². The lowest BCUT2D eigenvalue weighted by atomic mass is 10.1. The molecule has 5 nitrogen and oxygen atoms in total. The first-order valence-electron chi connectivity index (χ1n) is 3.84. The molecular weight excluding hydrogens is 160 g/mol. The summed E-state index contributed by atoms with van der Waals surface area (Å²) in [5.74, 6) is 0. The van der Waals surface area contributed by atoms with E-state index in [2.05, 4.69) is 0 Å². The van der Waals surface area contributed by atoms with Crippen LogP contribution in [0.4, 0.5) is 0 Å². The average Bonchev–Trinajstić information content (AvgIpc) is 1.85. The monoisotopic (exact) mass is 176 g/mol. The summed E-state index contributed by atoms with van der Waals surface area (Å²) in [6.45, 7) is 3.99. The second-order valence-corrected chi connectivity index (χ2v) is 3.53. The summed E-state index contributed by atoms with van der Waals surface area (Å²) in [6.07, 6.45) is 0. The Morgan fingerprint density at radius 2 is 2.08 bits per heavy atom. The molecule has 0 unspecified atom stereocenters. The summed E-state index contributed by atoms with van der Waals surface area (Å²) in [4.78, 5) is 11.9. The first kappa shape index (κ1) is 11.3. The molecule has 0 aliphatic rings. The van der Waals surface area contributed by atoms with Crippen LogP contribution in [-0.2, 0) is 0 Å². The summed E-state index contributed by atoms with van der Waals surface area (Å²) in [7, 11) is 1.75. The van der Waals surface area contributed by atoms with E-state index in [9.17, 15) is 10.1 Å². The van der Waals surface area contributed by atoms with Crippen LogP contribution < -0.4 is 0 Å². The molecule has 0 radical (unpaired) electrons. The van der Waals surface area contributed by atoms with Crippen molar-refractivity contribution in [3.63, 3.8) is 0 Å². The lowest BCUT2D eigenvalue weighted by Gasteiger charge is -2.22. The fourth-order valence-electron chi connectivity index (χ4n) is 0.968. The van der Waals surface area contributed by atoms with Crippen molar-refractivity contribution in [1.82, 2.24) is 4.90 Å². The highest BCUT2D eigenvalue weighted by Gasteiger charge is 2.31. The number of hydrogen-bond acceptors (Lipinski definition) is 4. The molecule has 0 atom stereocenters. The Labute approximate surface area is 72.1 Å². The molecule has 0 aliphatic heterocycles. The second kappa shape index (κ2) is 4.37. The molecule has 12 heavy (non-hydrogen) atoms. The summed E-state index contributed by atoms with van der Waals surface area (Å²) in [5.41, 5.74) is -0.941. The van der Waals surface area contributed by atoms with E-state index in [4.69, 9.17) is 5.11 Å². The minimum absolute atomic E-state index is 0.0320. The minimum Gasteiger partial charge on any atom is -0.395 e. The summed E-state index contributed by atoms with van der Waals surface area (Å²) in [6, 6.07) is 0. The molecule has 0 aliphatic carbocycles. The number of nitro groups is 1. The van der Waals surface area contributed by atoms with Crippen LogP contribution in [0.5, 0.6) is 0 Å². The van der Waals surface area contributed by atoms with Crippen LogP contribution in [0.2, 0.25) is 0 Å². The van der Waals surface area contributed by atoms with Crippen LogP contribution in [-0.4, -0.2) is 47.2 Å². The maximum Gasteiger partial charge on any atom is 0.229 e. The van der Waals surface area contributed by atoms with E-state index < -0.39 is 5.54 Å². The molecule has 0 bridgehead atoms. The van der Waals surface area contributed by atoms with Crippen LogP contribution in [0.3, 0.4) is 0 Å². The van der Waals surface area contributed by atoms with Gasteiger partial charge >= 0.3 is 0 Å². The first-order valence-corrected chi connectivity index (χ1v) is 3.84. The number of aliphatic hydroxyl groups is 1. The smallest absolute Gasteiger partial charge is 0.229 e. The predicted octanol–water partition coefficient (Wildman–Crippen LogP) is -0.0342. The molecule has 0 spiro atoms. The van der Waals surface area contributed by atoms with Gasteiger partial charge in [-0.25, -0.2) is 0 Å². The van der Waals surface area contributed by atoms with Gasteiger partial charge in [-0.1, -0.05) is 0 Å². The Morgan fingerprint density at radius 3 is 2.42 bits per heavy atom. The zero-order chi connectivity index (χ0) is 9.78. The molecule has 0 amide bonds. The van der Waals surface area contributed by atoms with E-state index in [1.807, 2.05) is 0 Å². The maximum absolute atomic E-state index is 10.5. The maximum atomic E-state index is 10.5. The first-order chi connectivity index (χ1) is 5.40. The van der Waals surface area contributed by atoms with Crippen molar-refractivity contribution >= 4 is 0 Å². The Balaban J connectivity index is 3.96. The summed E-state index contributed by atoms with van der Waals surface area (Å²) in [5, 5.41) is 19.0. The van der Waals surface area contributed by atoms with Crippen molar-refractivity contribution in [2.45, 2.75) is 19.4 Å². The lowest BCUT2D eigenvalue weighted by molar-refractivity contribution is -0.560. The van der Waals surface area contributed by atoms with Gasteiger partial charge in [0.15, 0.2) is 0 Å². The van der Waals surface area contributed by atoms with Gasteiger partial charge in [-0.3, -0.25) is 15.0 Å². The van der Waals surface area contributed by atoms with Crippen molar-refractivity contribution in [3.05, 3.63) is 10.1 Å². The van der Waals surface area contributed by atoms with Crippen LogP contribution in [0.15, 0.2) is 0 Å². The lowest BCUT2D eigenvalue weighted by Crippen LogP contribution is -2.43. The molecule has 0 aromatic carbocycles. The third-order valence-corrected chi connectivity index (χ3v) is 1.63. The molecule has 0 saturated carbocycles. The van der Waals surface area contributed by atoms with E-state index in [1.165, 1.54) is 0 Å². The Bertz CT molecular complexity index is 159. The van der Waals surface area contributed by atoms with Crippen molar-refractivity contribution in [1.29, 1.82) is 0 Å². The van der Waals surface area contributed by atoms with Crippen LogP contribution in [0.1, 0.15) is 13.8 Å². The van der Waals surface area contributed by atoms with E-state index in [-0.39, 0.29) is 11.5 Å². The number of nitrogens with zero attached hydrogens (tertiary/aromatic N) is 2. The fraction of sp³-hybridized carbons (Fsp3) is 1.00. The fourth-order valence-corrected chi connectivity index (χ4v) is 0.968. The highest BCUT2D eigenvalue weighted by Crippen LogP contribution is 2.08. The van der Waals surface area contributed by atoms with Gasteiger partial charge < -0.3 is 5.11 Å². The zero-order valence-corrected chi connectivity index (χ0v) is 7.78. The number of hydrogen-bond donors (Lipinski definition) is 1. The number of aliphatic hydroxyl groups excluding tert-OH is 1. The normalized spacial score (nSPS) is 12.1. The molecular formula is C7H16N2O3. The van der Waals surface area contributed by atoms with Crippen LogP contribution in [0.25, 0.3) is 0 Å². The Hall–Kier alpha value is -0.680. The van der Waals surface area contributed by atoms with E-state index >= 15 is 0 Å². The van der Waals surface area contributed by atoms with Crippen molar-refractivity contribution in [2.24, 2.45) is 0 Å². The third kappa shape index (κ3) is 3.64. The molecule has 5 heteroatoms. The predicted molar refractivity (Wildman–Crippen MR) is 45.7 cm³/mol. The third-order valence-electron chi connectivity index (χ3n) is 1.63. The molecule has 72 valence electrons. The highest BCUT2D eigenvalue weighted by molar-refractivity contribution is 4.70. The molecule has 0 fully saturated rings. The largest absolute Gasteiger partial charge is 0.395 e.